The first-order valence-electron chi connectivity index (χ1n) is 10.8. The number of aryl methyl sites for hydroxylation is 1. The van der Waals surface area contributed by atoms with E-state index in [0.717, 1.165) is 46.6 Å². The first-order valence-corrected chi connectivity index (χ1v) is 10.8. The monoisotopic (exact) mass is 419 g/mol. The van der Waals surface area contributed by atoms with Crippen molar-refractivity contribution in [3.8, 4) is 22.6 Å². The summed E-state index contributed by atoms with van der Waals surface area (Å²) in [5.74, 6) is 1.46. The van der Waals surface area contributed by atoms with E-state index in [1.807, 2.05) is 55.5 Å². The van der Waals surface area contributed by atoms with Crippen LogP contribution in [-0.4, -0.2) is 25.3 Å². The molecular formula is C26H29NO4. The minimum absolute atomic E-state index is 0.159. The topological polar surface area (TPSA) is 60.6 Å². The van der Waals surface area contributed by atoms with E-state index < -0.39 is 6.10 Å². The van der Waals surface area contributed by atoms with Gasteiger partial charge in [0.1, 0.15) is 6.10 Å². The number of methoxy groups -OCH3 is 2. The van der Waals surface area contributed by atoms with Crippen molar-refractivity contribution in [2.75, 3.05) is 14.2 Å². The van der Waals surface area contributed by atoms with Crippen molar-refractivity contribution in [3.63, 3.8) is 0 Å². The molecule has 1 fully saturated rings. The van der Waals surface area contributed by atoms with E-state index >= 15 is 0 Å². The number of rotatable bonds is 7. The van der Waals surface area contributed by atoms with Gasteiger partial charge in [-0.15, -0.1) is 0 Å². The lowest BCUT2D eigenvalue weighted by atomic mass is 9.98. The number of nitrogens with one attached hydrogen (secondary N) is 1. The van der Waals surface area contributed by atoms with Crippen LogP contribution in [0.1, 0.15) is 48.5 Å². The first kappa shape index (κ1) is 21.2. The number of ether oxygens (including phenoxy) is 3. The molecule has 1 N–H and O–H groups in total. The van der Waals surface area contributed by atoms with Crippen molar-refractivity contribution in [1.82, 2.24) is 4.98 Å². The summed E-state index contributed by atoms with van der Waals surface area (Å²) in [7, 11) is 3.28. The van der Waals surface area contributed by atoms with Crippen LogP contribution in [0.25, 0.3) is 11.1 Å². The lowest BCUT2D eigenvalue weighted by Crippen LogP contribution is -2.18. The number of aromatic nitrogens is 1. The molecule has 5 nitrogen and oxygen atoms in total. The molecule has 0 spiro atoms. The van der Waals surface area contributed by atoms with Gasteiger partial charge in [-0.1, -0.05) is 35.9 Å². The number of benzene rings is 2. The predicted octanol–water partition coefficient (Wildman–Crippen LogP) is 5.42. The van der Waals surface area contributed by atoms with Gasteiger partial charge in [-0.25, -0.2) is 0 Å². The molecule has 0 amide bonds. The molecule has 0 radical (unpaired) electrons. The lowest BCUT2D eigenvalue weighted by Gasteiger charge is -2.18. The Morgan fingerprint density at radius 3 is 2.48 bits per heavy atom. The van der Waals surface area contributed by atoms with Crippen LogP contribution in [0.2, 0.25) is 0 Å². The maximum atomic E-state index is 12.7. The highest BCUT2D eigenvalue weighted by Gasteiger charge is 2.21. The van der Waals surface area contributed by atoms with Gasteiger partial charge in [0.25, 0.3) is 5.56 Å². The van der Waals surface area contributed by atoms with Gasteiger partial charge in [0, 0.05) is 13.3 Å². The van der Waals surface area contributed by atoms with Gasteiger partial charge in [0.15, 0.2) is 11.5 Å². The largest absolute Gasteiger partial charge is 0.493 e. The zero-order chi connectivity index (χ0) is 21.8. The molecule has 3 aromatic rings. The van der Waals surface area contributed by atoms with Crippen molar-refractivity contribution in [2.45, 2.75) is 44.8 Å². The molecule has 1 unspecified atom stereocenters. The Labute approximate surface area is 183 Å². The van der Waals surface area contributed by atoms with E-state index in [4.69, 9.17) is 14.2 Å². The van der Waals surface area contributed by atoms with Gasteiger partial charge in [0.2, 0.25) is 0 Å². The maximum Gasteiger partial charge on any atom is 0.254 e. The summed E-state index contributed by atoms with van der Waals surface area (Å²) in [4.78, 5) is 15.6. The van der Waals surface area contributed by atoms with Crippen LogP contribution >= 0.6 is 0 Å². The number of aromatic amines is 1. The predicted molar refractivity (Wildman–Crippen MR) is 122 cm³/mol. The summed E-state index contributed by atoms with van der Waals surface area (Å²) in [6.07, 6.45) is 6.06. The van der Waals surface area contributed by atoms with Gasteiger partial charge >= 0.3 is 0 Å². The van der Waals surface area contributed by atoms with Gasteiger partial charge < -0.3 is 19.2 Å². The fourth-order valence-electron chi connectivity index (χ4n) is 4.27. The number of hydrogen-bond acceptors (Lipinski definition) is 4. The van der Waals surface area contributed by atoms with Gasteiger partial charge in [-0.2, -0.15) is 0 Å². The molecule has 0 saturated heterocycles. The Hall–Kier alpha value is -3.05. The molecule has 0 aliphatic heterocycles. The van der Waals surface area contributed by atoms with E-state index in [1.165, 1.54) is 12.8 Å². The third-order valence-corrected chi connectivity index (χ3v) is 5.89. The van der Waals surface area contributed by atoms with Gasteiger partial charge in [-0.3, -0.25) is 4.79 Å². The highest BCUT2D eigenvalue weighted by molar-refractivity contribution is 5.67. The van der Waals surface area contributed by atoms with Gasteiger partial charge in [-0.05, 0) is 67.5 Å². The molecule has 1 aromatic heterocycles. The fraction of sp³-hybridized carbons (Fsp3) is 0.346. The second-order valence-corrected chi connectivity index (χ2v) is 8.09. The molecule has 5 heteroatoms. The fourth-order valence-corrected chi connectivity index (χ4v) is 4.27. The Morgan fingerprint density at radius 1 is 0.968 bits per heavy atom. The Kier molecular flexibility index (Phi) is 6.42. The molecule has 1 aliphatic carbocycles. The van der Waals surface area contributed by atoms with Crippen LogP contribution in [0.5, 0.6) is 11.5 Å². The smallest absolute Gasteiger partial charge is 0.254 e. The Bertz CT molecular complexity index is 1100. The maximum absolute atomic E-state index is 12.7. The summed E-state index contributed by atoms with van der Waals surface area (Å²) in [6, 6.07) is 15.8. The van der Waals surface area contributed by atoms with Crippen molar-refractivity contribution in [2.24, 2.45) is 0 Å². The van der Waals surface area contributed by atoms with E-state index in [0.29, 0.717) is 5.56 Å². The standard InChI is InChI=1S/C26H29NO4/c1-17-7-6-8-19(13-17)25(30-3)22-14-20(16-27-26(22)28)18-11-12-23(29-2)24(15-18)31-21-9-4-5-10-21/h6-8,11-16,21,25H,4-5,9-10H2,1-3H3,(H,27,28). The molecular weight excluding hydrogens is 390 g/mol. The van der Waals surface area contributed by atoms with Crippen LogP contribution in [0, 0.1) is 6.92 Å². The minimum atomic E-state index is -0.448. The molecule has 1 aliphatic rings. The Morgan fingerprint density at radius 2 is 1.77 bits per heavy atom. The highest BCUT2D eigenvalue weighted by atomic mass is 16.5. The van der Waals surface area contributed by atoms with Crippen LogP contribution in [-0.2, 0) is 4.74 Å². The SMILES string of the molecule is COc1ccc(-c2c[nH]c(=O)c(C(OC)c3cccc(C)c3)c2)cc1OC1CCCC1. The lowest BCUT2D eigenvalue weighted by molar-refractivity contribution is 0.135. The van der Waals surface area contributed by atoms with Crippen molar-refractivity contribution < 1.29 is 14.2 Å². The second-order valence-electron chi connectivity index (χ2n) is 8.09. The summed E-state index contributed by atoms with van der Waals surface area (Å²) < 4.78 is 17.5. The average Bonchev–Trinajstić information content (AvgIpc) is 3.29. The molecule has 1 saturated carbocycles. The molecule has 4 rings (SSSR count). The Balaban J connectivity index is 1.71. The quantitative estimate of drug-likeness (QED) is 0.556. The van der Waals surface area contributed by atoms with Crippen LogP contribution < -0.4 is 15.0 Å². The molecule has 162 valence electrons. The minimum Gasteiger partial charge on any atom is -0.493 e. The first-order chi connectivity index (χ1) is 15.1. The zero-order valence-electron chi connectivity index (χ0n) is 18.3. The van der Waals surface area contributed by atoms with Crippen LogP contribution in [0.15, 0.2) is 59.5 Å². The molecule has 2 aromatic carbocycles. The average molecular weight is 420 g/mol. The molecule has 0 bridgehead atoms. The van der Waals surface area contributed by atoms with E-state index in [2.05, 4.69) is 4.98 Å². The zero-order valence-corrected chi connectivity index (χ0v) is 18.3. The van der Waals surface area contributed by atoms with Crippen molar-refractivity contribution >= 4 is 0 Å². The summed E-state index contributed by atoms with van der Waals surface area (Å²) in [5, 5.41) is 0. The van der Waals surface area contributed by atoms with Crippen LogP contribution in [0.3, 0.4) is 0 Å². The van der Waals surface area contributed by atoms with E-state index in [-0.39, 0.29) is 11.7 Å². The van der Waals surface area contributed by atoms with Gasteiger partial charge in [0.05, 0.1) is 18.8 Å². The molecule has 31 heavy (non-hydrogen) atoms. The van der Waals surface area contributed by atoms with Crippen molar-refractivity contribution in [1.29, 1.82) is 0 Å². The number of pyridine rings is 1. The summed E-state index contributed by atoms with van der Waals surface area (Å²) >= 11 is 0. The van der Waals surface area contributed by atoms with Crippen molar-refractivity contribution in [3.05, 3.63) is 81.8 Å². The normalized spacial score (nSPS) is 15.1. The second kappa shape index (κ2) is 9.40. The molecule has 1 atom stereocenters. The third-order valence-electron chi connectivity index (χ3n) is 5.89. The number of H-pyrrole nitrogens is 1. The number of hydrogen-bond donors (Lipinski definition) is 1. The third kappa shape index (κ3) is 4.67. The molecule has 1 heterocycles. The summed E-state index contributed by atoms with van der Waals surface area (Å²) in [6.45, 7) is 2.03. The summed E-state index contributed by atoms with van der Waals surface area (Å²) in [5.41, 5.74) is 4.32. The highest BCUT2D eigenvalue weighted by Crippen LogP contribution is 2.36. The van der Waals surface area contributed by atoms with E-state index in [1.54, 1.807) is 20.4 Å². The van der Waals surface area contributed by atoms with E-state index in [9.17, 15) is 4.79 Å². The van der Waals surface area contributed by atoms with Crippen LogP contribution in [0.4, 0.5) is 0 Å².